The molecule has 0 aromatic carbocycles. The van der Waals surface area contributed by atoms with Crippen molar-refractivity contribution in [3.8, 4) is 0 Å². The van der Waals surface area contributed by atoms with Crippen LogP contribution in [0.15, 0.2) is 0 Å². The van der Waals surface area contributed by atoms with Gasteiger partial charge in [0.15, 0.2) is 0 Å². The van der Waals surface area contributed by atoms with Crippen molar-refractivity contribution in [2.45, 2.75) is 46.0 Å². The van der Waals surface area contributed by atoms with Crippen LogP contribution in [0.1, 0.15) is 46.0 Å². The van der Waals surface area contributed by atoms with Gasteiger partial charge in [0.05, 0.1) is 0 Å². The summed E-state index contributed by atoms with van der Waals surface area (Å²) in [5.41, 5.74) is 0. The number of carbonyl (C=O) groups is 1. The normalized spacial score (nSPS) is 25.7. The van der Waals surface area contributed by atoms with E-state index < -0.39 is 0 Å². The largest absolute Gasteiger partial charge is 0.338 e. The van der Waals surface area contributed by atoms with Gasteiger partial charge in [-0.15, -0.1) is 0 Å². The monoisotopic (exact) mass is 281 g/mol. The van der Waals surface area contributed by atoms with E-state index >= 15 is 0 Å². The standard InChI is InChI=1S/C16H31N3O/c1-14-6-11-19(12-7-14)16(20)17-8-4-10-18-9-3-5-15(2)13-18/h14-15H,3-13H2,1-2H3,(H,17,20). The molecule has 0 saturated carbocycles. The first-order valence-electron chi connectivity index (χ1n) is 8.40. The summed E-state index contributed by atoms with van der Waals surface area (Å²) in [6.07, 6.45) is 6.08. The summed E-state index contributed by atoms with van der Waals surface area (Å²) in [6, 6.07) is 0.143. The molecule has 2 fully saturated rings. The number of likely N-dealkylation sites (tertiary alicyclic amines) is 2. The average Bonchev–Trinajstić information content (AvgIpc) is 2.44. The molecule has 0 bridgehead atoms. The molecule has 2 aliphatic rings. The summed E-state index contributed by atoms with van der Waals surface area (Å²) in [6.45, 7) is 10.9. The molecule has 0 aromatic rings. The van der Waals surface area contributed by atoms with Crippen LogP contribution < -0.4 is 5.32 Å². The SMILES string of the molecule is CC1CCN(C(=O)NCCCN2CCCC(C)C2)CC1. The second-order valence-electron chi connectivity index (χ2n) is 6.80. The molecule has 1 N–H and O–H groups in total. The minimum absolute atomic E-state index is 0.143. The number of hydrogen-bond donors (Lipinski definition) is 1. The maximum atomic E-state index is 12.0. The summed E-state index contributed by atoms with van der Waals surface area (Å²) in [5.74, 6) is 1.62. The number of amides is 2. The molecule has 0 radical (unpaired) electrons. The number of nitrogens with one attached hydrogen (secondary N) is 1. The molecule has 2 rings (SSSR count). The molecule has 20 heavy (non-hydrogen) atoms. The van der Waals surface area contributed by atoms with Gasteiger partial charge in [0.1, 0.15) is 0 Å². The van der Waals surface area contributed by atoms with Crippen LogP contribution in [-0.2, 0) is 0 Å². The van der Waals surface area contributed by atoms with Gasteiger partial charge < -0.3 is 15.1 Å². The van der Waals surface area contributed by atoms with E-state index in [2.05, 4.69) is 24.1 Å². The number of rotatable bonds is 4. The summed E-state index contributed by atoms with van der Waals surface area (Å²) in [7, 11) is 0. The van der Waals surface area contributed by atoms with Crippen LogP contribution in [0.2, 0.25) is 0 Å². The highest BCUT2D eigenvalue weighted by Gasteiger charge is 2.20. The van der Waals surface area contributed by atoms with Crippen LogP contribution in [0.3, 0.4) is 0 Å². The van der Waals surface area contributed by atoms with Crippen LogP contribution in [0.4, 0.5) is 4.79 Å². The van der Waals surface area contributed by atoms with E-state index in [-0.39, 0.29) is 6.03 Å². The van der Waals surface area contributed by atoms with Crippen molar-refractivity contribution in [3.63, 3.8) is 0 Å². The highest BCUT2D eigenvalue weighted by molar-refractivity contribution is 5.74. The number of piperidine rings is 2. The first-order valence-corrected chi connectivity index (χ1v) is 8.40. The lowest BCUT2D eigenvalue weighted by Crippen LogP contribution is -2.45. The second-order valence-corrected chi connectivity index (χ2v) is 6.80. The lowest BCUT2D eigenvalue weighted by Gasteiger charge is -2.31. The molecule has 2 aliphatic heterocycles. The van der Waals surface area contributed by atoms with E-state index in [0.717, 1.165) is 57.3 Å². The topological polar surface area (TPSA) is 35.6 Å². The van der Waals surface area contributed by atoms with Crippen LogP contribution in [0.5, 0.6) is 0 Å². The van der Waals surface area contributed by atoms with Crippen molar-refractivity contribution in [1.82, 2.24) is 15.1 Å². The molecule has 0 spiro atoms. The Hall–Kier alpha value is -0.770. The molecule has 0 aliphatic carbocycles. The van der Waals surface area contributed by atoms with E-state index in [1.807, 2.05) is 4.90 Å². The zero-order valence-electron chi connectivity index (χ0n) is 13.2. The molecule has 4 heteroatoms. The van der Waals surface area contributed by atoms with Crippen LogP contribution in [0, 0.1) is 11.8 Å². The van der Waals surface area contributed by atoms with Gasteiger partial charge in [0.25, 0.3) is 0 Å². The summed E-state index contributed by atoms with van der Waals surface area (Å²) in [4.78, 5) is 16.5. The predicted molar refractivity (Wildman–Crippen MR) is 82.8 cm³/mol. The lowest BCUT2D eigenvalue weighted by atomic mass is 10.00. The quantitative estimate of drug-likeness (QED) is 0.804. The minimum Gasteiger partial charge on any atom is -0.338 e. The Balaban J connectivity index is 1.55. The third kappa shape index (κ3) is 4.97. The third-order valence-electron chi connectivity index (χ3n) is 4.74. The summed E-state index contributed by atoms with van der Waals surface area (Å²) < 4.78 is 0. The Morgan fingerprint density at radius 3 is 2.55 bits per heavy atom. The third-order valence-corrected chi connectivity index (χ3v) is 4.74. The van der Waals surface area contributed by atoms with Crippen molar-refractivity contribution < 1.29 is 4.79 Å². The molecule has 2 saturated heterocycles. The number of hydrogen-bond acceptors (Lipinski definition) is 2. The Labute approximate surface area is 123 Å². The van der Waals surface area contributed by atoms with Crippen molar-refractivity contribution in [1.29, 1.82) is 0 Å². The maximum Gasteiger partial charge on any atom is 0.317 e. The van der Waals surface area contributed by atoms with Crippen molar-refractivity contribution in [2.75, 3.05) is 39.3 Å². The van der Waals surface area contributed by atoms with E-state index in [1.54, 1.807) is 0 Å². The molecule has 1 atom stereocenters. The Bertz CT molecular complexity index is 300. The van der Waals surface area contributed by atoms with Gasteiger partial charge in [-0.3, -0.25) is 0 Å². The highest BCUT2D eigenvalue weighted by Crippen LogP contribution is 2.16. The molecule has 2 amide bonds. The van der Waals surface area contributed by atoms with Crippen LogP contribution >= 0.6 is 0 Å². The van der Waals surface area contributed by atoms with Gasteiger partial charge in [-0.25, -0.2) is 4.79 Å². The van der Waals surface area contributed by atoms with Crippen molar-refractivity contribution >= 4 is 6.03 Å². The van der Waals surface area contributed by atoms with Crippen LogP contribution in [-0.4, -0.2) is 55.1 Å². The first-order chi connectivity index (χ1) is 9.65. The van der Waals surface area contributed by atoms with Crippen molar-refractivity contribution in [2.24, 2.45) is 11.8 Å². The minimum atomic E-state index is 0.143. The Kier molecular flexibility index (Phi) is 6.14. The maximum absolute atomic E-state index is 12.0. The zero-order valence-corrected chi connectivity index (χ0v) is 13.2. The summed E-state index contributed by atoms with van der Waals surface area (Å²) >= 11 is 0. The Morgan fingerprint density at radius 2 is 1.85 bits per heavy atom. The number of urea groups is 1. The first kappa shape index (κ1) is 15.6. The Morgan fingerprint density at radius 1 is 1.10 bits per heavy atom. The van der Waals surface area contributed by atoms with Crippen LogP contribution in [0.25, 0.3) is 0 Å². The molecule has 4 nitrogen and oxygen atoms in total. The lowest BCUT2D eigenvalue weighted by molar-refractivity contribution is 0.169. The molecule has 0 aromatic heterocycles. The van der Waals surface area contributed by atoms with Gasteiger partial charge >= 0.3 is 6.03 Å². The second kappa shape index (κ2) is 7.87. The van der Waals surface area contributed by atoms with Crippen molar-refractivity contribution in [3.05, 3.63) is 0 Å². The van der Waals surface area contributed by atoms with E-state index in [0.29, 0.717) is 0 Å². The van der Waals surface area contributed by atoms with Gasteiger partial charge in [0, 0.05) is 26.2 Å². The molecule has 1 unspecified atom stereocenters. The fraction of sp³-hybridized carbons (Fsp3) is 0.938. The van der Waals surface area contributed by atoms with Gasteiger partial charge in [-0.1, -0.05) is 13.8 Å². The predicted octanol–water partition coefficient (Wildman–Crippen LogP) is 2.55. The summed E-state index contributed by atoms with van der Waals surface area (Å²) in [5, 5.41) is 3.08. The van der Waals surface area contributed by atoms with Gasteiger partial charge in [-0.05, 0) is 57.0 Å². The molecule has 2 heterocycles. The van der Waals surface area contributed by atoms with Gasteiger partial charge in [0.2, 0.25) is 0 Å². The van der Waals surface area contributed by atoms with Gasteiger partial charge in [-0.2, -0.15) is 0 Å². The fourth-order valence-electron chi connectivity index (χ4n) is 3.31. The number of carbonyl (C=O) groups excluding carboxylic acids is 1. The molecule has 116 valence electrons. The molecular formula is C16H31N3O. The van der Waals surface area contributed by atoms with E-state index in [4.69, 9.17) is 0 Å². The zero-order chi connectivity index (χ0) is 14.4. The van der Waals surface area contributed by atoms with E-state index in [9.17, 15) is 4.79 Å². The smallest absolute Gasteiger partial charge is 0.317 e. The highest BCUT2D eigenvalue weighted by atomic mass is 16.2. The molecular weight excluding hydrogens is 250 g/mol. The van der Waals surface area contributed by atoms with E-state index in [1.165, 1.54) is 25.9 Å². The fourth-order valence-corrected chi connectivity index (χ4v) is 3.31. The average molecular weight is 281 g/mol. The number of nitrogens with zero attached hydrogens (tertiary/aromatic N) is 2.